The van der Waals surface area contributed by atoms with Crippen molar-refractivity contribution in [3.8, 4) is 0 Å². The van der Waals surface area contributed by atoms with Crippen molar-refractivity contribution in [2.75, 3.05) is 0 Å². The molecule has 0 aliphatic heterocycles. The van der Waals surface area contributed by atoms with Gasteiger partial charge in [-0.25, -0.2) is 4.39 Å². The number of Topliss-reactive ketones (excluding diaryl/α,β-unsaturated/α-hetero) is 1. The fourth-order valence-corrected chi connectivity index (χ4v) is 0.702. The Hall–Kier alpha value is -0.440. The van der Waals surface area contributed by atoms with Crippen LogP contribution in [-0.2, 0) is 4.79 Å². The van der Waals surface area contributed by atoms with E-state index in [2.05, 4.69) is 0 Å². The summed E-state index contributed by atoms with van der Waals surface area (Å²) in [5.41, 5.74) is 4.19. The minimum Gasteiger partial charge on any atom is -0.322 e. The number of hydrogen-bond acceptors (Lipinski definition) is 2. The van der Waals surface area contributed by atoms with Gasteiger partial charge in [-0.3, -0.25) is 4.79 Å². The Balaban J connectivity index is 3.63. The number of carbonyl (C=O) groups is 1. The summed E-state index contributed by atoms with van der Waals surface area (Å²) in [7, 11) is 0. The van der Waals surface area contributed by atoms with E-state index in [0.717, 1.165) is 0 Å². The Kier molecular flexibility index (Phi) is 3.66. The van der Waals surface area contributed by atoms with Crippen LogP contribution in [0.2, 0.25) is 0 Å². The first-order valence-electron chi connectivity index (χ1n) is 3.78. The first kappa shape index (κ1) is 10.6. The van der Waals surface area contributed by atoms with Gasteiger partial charge >= 0.3 is 0 Å². The zero-order valence-electron chi connectivity index (χ0n) is 7.36. The fourth-order valence-electron chi connectivity index (χ4n) is 0.702. The second kappa shape index (κ2) is 3.81. The fraction of sp³-hybridized carbons (Fsp3) is 0.875. The quantitative estimate of drug-likeness (QED) is 0.676. The summed E-state index contributed by atoms with van der Waals surface area (Å²) >= 11 is 0. The second-order valence-corrected chi connectivity index (χ2v) is 3.47. The van der Waals surface area contributed by atoms with E-state index < -0.39 is 11.7 Å². The van der Waals surface area contributed by atoms with Gasteiger partial charge in [0.15, 0.2) is 0 Å². The maximum atomic E-state index is 12.8. The largest absolute Gasteiger partial charge is 0.322 e. The Morgan fingerprint density at radius 3 is 2.36 bits per heavy atom. The molecule has 1 atom stereocenters. The van der Waals surface area contributed by atoms with Crippen LogP contribution < -0.4 is 5.73 Å². The van der Waals surface area contributed by atoms with Crippen LogP contribution in [-0.4, -0.2) is 17.5 Å². The summed E-state index contributed by atoms with van der Waals surface area (Å²) in [6, 6.07) is -0.495. The monoisotopic (exact) mass is 160 g/mol. The lowest BCUT2D eigenvalue weighted by atomic mass is 9.99. The van der Waals surface area contributed by atoms with Crippen molar-refractivity contribution in [1.29, 1.82) is 0 Å². The molecule has 0 unspecified atom stereocenters. The highest BCUT2D eigenvalue weighted by atomic mass is 18.2. The number of hydrogen-bond donors (Lipinski definition) is 1. The molecule has 0 saturated carbocycles. The molecule has 2 nitrogen and oxygen atoms in total. The lowest BCUT2D eigenvalue weighted by Crippen LogP contribution is -2.30. The van der Waals surface area contributed by atoms with Gasteiger partial charge in [-0.1, -0.05) is 0 Å². The van der Waals surface area contributed by atoms with Crippen molar-refractivity contribution in [3.05, 3.63) is 0 Å². The number of rotatable bonds is 4. The molecule has 2 N–H and O–H groups in total. The van der Waals surface area contributed by atoms with E-state index in [-0.39, 0.29) is 5.78 Å². The molecule has 0 aromatic carbocycles. The third-order valence-electron chi connectivity index (χ3n) is 1.57. The number of alkyl halides is 1. The average Bonchev–Trinajstić information content (AvgIpc) is 1.80. The SMILES string of the molecule is CC(=O)[C@H](N)CCC(C)(C)[18F]. The van der Waals surface area contributed by atoms with Crippen LogP contribution in [0, 0.1) is 0 Å². The maximum absolute atomic E-state index is 12.8. The van der Waals surface area contributed by atoms with Gasteiger partial charge in [0.1, 0.15) is 11.5 Å². The van der Waals surface area contributed by atoms with Crippen molar-refractivity contribution >= 4 is 5.78 Å². The molecule has 3 heteroatoms. The summed E-state index contributed by atoms with van der Waals surface area (Å²) in [5.74, 6) is -0.0748. The predicted octanol–water partition coefficient (Wildman–Crippen LogP) is 1.43. The maximum Gasteiger partial charge on any atom is 0.146 e. The molecule has 0 saturated heterocycles. The van der Waals surface area contributed by atoms with Gasteiger partial charge < -0.3 is 5.73 Å². The molecular formula is C8H16FNO. The third kappa shape index (κ3) is 5.98. The van der Waals surface area contributed by atoms with Gasteiger partial charge in [0.25, 0.3) is 0 Å². The van der Waals surface area contributed by atoms with E-state index in [1.165, 1.54) is 20.8 Å². The zero-order chi connectivity index (χ0) is 9.07. The normalized spacial score (nSPS) is 14.6. The Bertz CT molecular complexity index is 140. The first-order chi connectivity index (χ1) is 4.83. The van der Waals surface area contributed by atoms with E-state index in [9.17, 15) is 9.18 Å². The smallest absolute Gasteiger partial charge is 0.146 e. The van der Waals surface area contributed by atoms with Crippen LogP contribution >= 0.6 is 0 Å². The number of nitrogens with two attached hydrogens (primary N) is 1. The van der Waals surface area contributed by atoms with Crippen LogP contribution in [0.1, 0.15) is 33.6 Å². The van der Waals surface area contributed by atoms with E-state index >= 15 is 0 Å². The van der Waals surface area contributed by atoms with Crippen LogP contribution in [0.3, 0.4) is 0 Å². The first-order valence-corrected chi connectivity index (χ1v) is 3.78. The summed E-state index contributed by atoms with van der Waals surface area (Å²) in [4.78, 5) is 10.6. The van der Waals surface area contributed by atoms with E-state index in [1.807, 2.05) is 0 Å². The molecule has 0 amide bonds. The van der Waals surface area contributed by atoms with E-state index in [1.54, 1.807) is 0 Å². The van der Waals surface area contributed by atoms with Crippen molar-refractivity contribution in [2.45, 2.75) is 45.3 Å². The van der Waals surface area contributed by atoms with Gasteiger partial charge in [-0.05, 0) is 33.6 Å². The molecule has 0 aromatic rings. The van der Waals surface area contributed by atoms with Gasteiger partial charge in [0.2, 0.25) is 0 Å². The summed E-state index contributed by atoms with van der Waals surface area (Å²) in [5, 5.41) is 0. The van der Waals surface area contributed by atoms with Crippen molar-refractivity contribution in [3.63, 3.8) is 0 Å². The van der Waals surface area contributed by atoms with Crippen LogP contribution in [0.5, 0.6) is 0 Å². The molecule has 0 fully saturated rings. The van der Waals surface area contributed by atoms with Gasteiger partial charge in [0.05, 0.1) is 6.04 Å². The molecule has 0 aromatic heterocycles. The lowest BCUT2D eigenvalue weighted by molar-refractivity contribution is -0.118. The average molecular weight is 160 g/mol. The third-order valence-corrected chi connectivity index (χ3v) is 1.57. The zero-order valence-corrected chi connectivity index (χ0v) is 7.36. The number of ketones is 1. The Morgan fingerprint density at radius 1 is 1.64 bits per heavy atom. The molecule has 0 aliphatic rings. The highest BCUT2D eigenvalue weighted by molar-refractivity contribution is 5.81. The van der Waals surface area contributed by atoms with Crippen LogP contribution in [0.25, 0.3) is 0 Å². The lowest BCUT2D eigenvalue weighted by Gasteiger charge is -2.15. The number of carbonyl (C=O) groups excluding carboxylic acids is 1. The standard InChI is InChI=1S/C8H16FNO/c1-6(11)7(10)4-5-8(2,3)9/h7H,4-5,10H2,1-3H3/t7-/m1/s1/i9-1. The summed E-state index contributed by atoms with van der Waals surface area (Å²) in [6.07, 6.45) is 0.770. The molecule has 0 rings (SSSR count). The van der Waals surface area contributed by atoms with E-state index in [0.29, 0.717) is 12.8 Å². The van der Waals surface area contributed by atoms with Crippen LogP contribution in [0.15, 0.2) is 0 Å². The van der Waals surface area contributed by atoms with Gasteiger partial charge in [0, 0.05) is 0 Å². The molecule has 0 aliphatic carbocycles. The van der Waals surface area contributed by atoms with Gasteiger partial charge in [-0.15, -0.1) is 0 Å². The Morgan fingerprint density at radius 2 is 2.09 bits per heavy atom. The number of halogens is 1. The van der Waals surface area contributed by atoms with Crippen LogP contribution in [0.4, 0.5) is 4.39 Å². The second-order valence-electron chi connectivity index (χ2n) is 3.47. The highest BCUT2D eigenvalue weighted by Crippen LogP contribution is 2.16. The molecule has 0 spiro atoms. The molecule has 66 valence electrons. The highest BCUT2D eigenvalue weighted by Gasteiger charge is 2.18. The minimum absolute atomic E-state index is 0.0748. The molecular weight excluding hydrogens is 144 g/mol. The molecule has 11 heavy (non-hydrogen) atoms. The molecule has 0 bridgehead atoms. The topological polar surface area (TPSA) is 43.1 Å². The van der Waals surface area contributed by atoms with Crippen molar-refractivity contribution in [1.82, 2.24) is 0 Å². The molecule has 0 heterocycles. The predicted molar refractivity (Wildman–Crippen MR) is 43.1 cm³/mol. The van der Waals surface area contributed by atoms with Gasteiger partial charge in [-0.2, -0.15) is 0 Å². The summed E-state index contributed by atoms with van der Waals surface area (Å²) < 4.78 is 12.8. The molecule has 0 radical (unpaired) electrons. The van der Waals surface area contributed by atoms with E-state index in [4.69, 9.17) is 5.73 Å². The van der Waals surface area contributed by atoms with Crippen molar-refractivity contribution in [2.24, 2.45) is 5.73 Å². The Labute approximate surface area is 67.0 Å². The minimum atomic E-state index is -1.22. The summed E-state index contributed by atoms with van der Waals surface area (Å²) in [6.45, 7) is 4.40. The van der Waals surface area contributed by atoms with Crippen molar-refractivity contribution < 1.29 is 9.18 Å².